The van der Waals surface area contributed by atoms with Gasteiger partial charge in [0.1, 0.15) is 0 Å². The summed E-state index contributed by atoms with van der Waals surface area (Å²) in [5.74, 6) is 2.05. The molecule has 0 saturated heterocycles. The summed E-state index contributed by atoms with van der Waals surface area (Å²) in [7, 11) is 0. The summed E-state index contributed by atoms with van der Waals surface area (Å²) >= 11 is 0. The van der Waals surface area contributed by atoms with Crippen LogP contribution in [0.2, 0.25) is 0 Å². The number of rotatable bonds is 5. The van der Waals surface area contributed by atoms with E-state index in [1.807, 2.05) is 0 Å². The third kappa shape index (κ3) is 5.01. The number of hydrogen-bond donors (Lipinski definition) is 2. The lowest BCUT2D eigenvalue weighted by Crippen LogP contribution is -2.21. The zero-order valence-electron chi connectivity index (χ0n) is 12.0. The average molecular weight is 263 g/mol. The Labute approximate surface area is 115 Å². The molecule has 0 aliphatic heterocycles. The quantitative estimate of drug-likeness (QED) is 0.799. The molecule has 1 aromatic heterocycles. The van der Waals surface area contributed by atoms with Crippen molar-refractivity contribution in [2.45, 2.75) is 58.4 Å². The molecule has 0 radical (unpaired) electrons. The minimum absolute atomic E-state index is 0.504. The van der Waals surface area contributed by atoms with E-state index in [-0.39, 0.29) is 0 Å². The van der Waals surface area contributed by atoms with E-state index in [4.69, 9.17) is 0 Å². The van der Waals surface area contributed by atoms with Crippen molar-refractivity contribution in [3.63, 3.8) is 0 Å². The molecule has 19 heavy (non-hydrogen) atoms. The van der Waals surface area contributed by atoms with Crippen LogP contribution < -0.4 is 10.6 Å². The molecule has 1 aliphatic rings. The van der Waals surface area contributed by atoms with Gasteiger partial charge in [0.2, 0.25) is 5.95 Å². The summed E-state index contributed by atoms with van der Waals surface area (Å²) in [6.07, 6.45) is 9.42. The van der Waals surface area contributed by atoms with Gasteiger partial charge in [-0.25, -0.2) is 0 Å². The molecule has 1 fully saturated rings. The van der Waals surface area contributed by atoms with E-state index in [1.54, 1.807) is 6.20 Å². The molecule has 0 atom stereocenters. The zero-order valence-corrected chi connectivity index (χ0v) is 12.0. The lowest BCUT2D eigenvalue weighted by atomic mass is 10.1. The molecular formula is C14H25N5. The molecule has 1 aliphatic carbocycles. The Morgan fingerprint density at radius 1 is 1.21 bits per heavy atom. The predicted molar refractivity (Wildman–Crippen MR) is 78.3 cm³/mol. The van der Waals surface area contributed by atoms with Crippen molar-refractivity contribution < 1.29 is 0 Å². The first-order valence-corrected chi connectivity index (χ1v) is 7.44. The second-order valence-electron chi connectivity index (χ2n) is 5.77. The fourth-order valence-corrected chi connectivity index (χ4v) is 2.36. The summed E-state index contributed by atoms with van der Waals surface area (Å²) < 4.78 is 0. The molecule has 0 amide bonds. The second-order valence-corrected chi connectivity index (χ2v) is 5.77. The summed E-state index contributed by atoms with van der Waals surface area (Å²) in [6.45, 7) is 5.25. The van der Waals surface area contributed by atoms with Crippen molar-refractivity contribution in [3.8, 4) is 0 Å². The van der Waals surface area contributed by atoms with Crippen molar-refractivity contribution in [2.75, 3.05) is 17.2 Å². The number of hydrogen-bond acceptors (Lipinski definition) is 5. The van der Waals surface area contributed by atoms with Crippen LogP contribution in [-0.4, -0.2) is 27.8 Å². The molecule has 0 unspecified atom stereocenters. The Balaban J connectivity index is 1.90. The standard InChI is InChI=1S/C14H25N5/c1-11(2)9-15-13-10-16-19-14(18-13)17-12-7-5-3-4-6-8-12/h10-12H,3-9H2,1-2H3,(H2,15,17,18,19). The monoisotopic (exact) mass is 263 g/mol. The number of nitrogens with one attached hydrogen (secondary N) is 2. The molecule has 1 aromatic rings. The Kier molecular flexibility index (Phi) is 5.36. The van der Waals surface area contributed by atoms with Crippen molar-refractivity contribution in [1.82, 2.24) is 15.2 Å². The molecule has 5 nitrogen and oxygen atoms in total. The first-order valence-electron chi connectivity index (χ1n) is 7.44. The van der Waals surface area contributed by atoms with E-state index in [9.17, 15) is 0 Å². The molecule has 0 aromatic carbocycles. The third-order valence-corrected chi connectivity index (χ3v) is 3.44. The van der Waals surface area contributed by atoms with Gasteiger partial charge in [-0.3, -0.25) is 0 Å². The van der Waals surface area contributed by atoms with Gasteiger partial charge in [0.15, 0.2) is 5.82 Å². The lowest BCUT2D eigenvalue weighted by molar-refractivity contribution is 0.612. The largest absolute Gasteiger partial charge is 0.368 e. The number of anilines is 2. The van der Waals surface area contributed by atoms with Crippen molar-refractivity contribution >= 4 is 11.8 Å². The van der Waals surface area contributed by atoms with Gasteiger partial charge in [-0.15, -0.1) is 5.10 Å². The van der Waals surface area contributed by atoms with Crippen LogP contribution in [0.25, 0.3) is 0 Å². The average Bonchev–Trinajstić information content (AvgIpc) is 2.65. The normalized spacial score (nSPS) is 17.2. The Morgan fingerprint density at radius 2 is 1.95 bits per heavy atom. The zero-order chi connectivity index (χ0) is 13.5. The van der Waals surface area contributed by atoms with Gasteiger partial charge in [-0.05, 0) is 18.8 Å². The van der Waals surface area contributed by atoms with Crippen LogP contribution >= 0.6 is 0 Å². The molecule has 1 heterocycles. The van der Waals surface area contributed by atoms with Crippen LogP contribution in [0.5, 0.6) is 0 Å². The van der Waals surface area contributed by atoms with Gasteiger partial charge < -0.3 is 10.6 Å². The first kappa shape index (κ1) is 14.0. The highest BCUT2D eigenvalue weighted by molar-refractivity contribution is 5.37. The van der Waals surface area contributed by atoms with E-state index in [1.165, 1.54) is 38.5 Å². The molecule has 106 valence electrons. The lowest BCUT2D eigenvalue weighted by Gasteiger charge is -2.16. The van der Waals surface area contributed by atoms with E-state index >= 15 is 0 Å². The summed E-state index contributed by atoms with van der Waals surface area (Å²) in [5.41, 5.74) is 0. The minimum Gasteiger partial charge on any atom is -0.368 e. The predicted octanol–water partition coefficient (Wildman–Crippen LogP) is 3.07. The smallest absolute Gasteiger partial charge is 0.244 e. The highest BCUT2D eigenvalue weighted by Crippen LogP contribution is 2.19. The molecule has 2 rings (SSSR count). The van der Waals surface area contributed by atoms with Crippen LogP contribution in [0, 0.1) is 5.92 Å². The van der Waals surface area contributed by atoms with Crippen LogP contribution in [0.4, 0.5) is 11.8 Å². The molecular weight excluding hydrogens is 238 g/mol. The summed E-state index contributed by atoms with van der Waals surface area (Å²) in [4.78, 5) is 4.47. The van der Waals surface area contributed by atoms with Gasteiger partial charge in [-0.1, -0.05) is 39.5 Å². The fourth-order valence-electron chi connectivity index (χ4n) is 2.36. The Morgan fingerprint density at radius 3 is 2.63 bits per heavy atom. The highest BCUT2D eigenvalue weighted by Gasteiger charge is 2.13. The van der Waals surface area contributed by atoms with Crippen molar-refractivity contribution in [1.29, 1.82) is 0 Å². The van der Waals surface area contributed by atoms with Gasteiger partial charge in [0, 0.05) is 12.6 Å². The van der Waals surface area contributed by atoms with Gasteiger partial charge in [-0.2, -0.15) is 10.1 Å². The molecule has 5 heteroatoms. The SMILES string of the molecule is CC(C)CNc1cnnc(NC2CCCCCC2)n1. The Hall–Kier alpha value is -1.39. The van der Waals surface area contributed by atoms with E-state index in [0.29, 0.717) is 17.9 Å². The van der Waals surface area contributed by atoms with E-state index < -0.39 is 0 Å². The first-order chi connectivity index (χ1) is 9.24. The van der Waals surface area contributed by atoms with Crippen molar-refractivity contribution in [2.24, 2.45) is 5.92 Å². The van der Waals surface area contributed by atoms with Gasteiger partial charge in [0.25, 0.3) is 0 Å². The number of nitrogens with zero attached hydrogens (tertiary/aromatic N) is 3. The van der Waals surface area contributed by atoms with Gasteiger partial charge in [0.05, 0.1) is 6.20 Å². The Bertz CT molecular complexity index is 372. The third-order valence-electron chi connectivity index (χ3n) is 3.44. The van der Waals surface area contributed by atoms with E-state index in [0.717, 1.165) is 12.4 Å². The maximum absolute atomic E-state index is 4.47. The second kappa shape index (κ2) is 7.26. The number of aromatic nitrogens is 3. The maximum atomic E-state index is 4.47. The molecule has 0 bridgehead atoms. The van der Waals surface area contributed by atoms with Crippen molar-refractivity contribution in [3.05, 3.63) is 6.20 Å². The summed E-state index contributed by atoms with van der Waals surface area (Å²) in [5, 5.41) is 14.8. The van der Waals surface area contributed by atoms with Crippen LogP contribution in [0.15, 0.2) is 6.20 Å². The van der Waals surface area contributed by atoms with Gasteiger partial charge >= 0.3 is 0 Å². The highest BCUT2D eigenvalue weighted by atomic mass is 15.3. The maximum Gasteiger partial charge on any atom is 0.244 e. The van der Waals surface area contributed by atoms with Crippen LogP contribution in [-0.2, 0) is 0 Å². The molecule has 1 saturated carbocycles. The van der Waals surface area contributed by atoms with Crippen LogP contribution in [0.3, 0.4) is 0 Å². The fraction of sp³-hybridized carbons (Fsp3) is 0.786. The minimum atomic E-state index is 0.504. The summed E-state index contributed by atoms with van der Waals surface area (Å²) in [6, 6.07) is 0.504. The topological polar surface area (TPSA) is 62.7 Å². The molecule has 0 spiro atoms. The van der Waals surface area contributed by atoms with Crippen LogP contribution in [0.1, 0.15) is 52.4 Å². The van der Waals surface area contributed by atoms with E-state index in [2.05, 4.69) is 39.7 Å². The molecule has 2 N–H and O–H groups in total.